The van der Waals surface area contributed by atoms with Crippen molar-refractivity contribution >= 4 is 6.09 Å². The number of carbonyl (C=O) groups is 1. The third-order valence-electron chi connectivity index (χ3n) is 7.19. The van der Waals surface area contributed by atoms with Crippen LogP contribution in [0.25, 0.3) is 0 Å². The van der Waals surface area contributed by atoms with Crippen molar-refractivity contribution in [1.29, 1.82) is 0 Å². The number of ether oxygens (including phenoxy) is 1. The molecule has 1 amide bonds. The zero-order chi connectivity index (χ0) is 27.9. The van der Waals surface area contributed by atoms with Gasteiger partial charge >= 0.3 is 6.09 Å². The van der Waals surface area contributed by atoms with Gasteiger partial charge in [0.25, 0.3) is 0 Å². The molecular weight excluding hydrogens is 504 g/mol. The molecule has 0 spiro atoms. The topological polar surface area (TPSA) is 42.2 Å². The highest BCUT2D eigenvalue weighted by atomic mass is 35.5. The van der Waals surface area contributed by atoms with Crippen LogP contribution in [0.4, 0.5) is 4.79 Å². The molecule has 0 fully saturated rings. The van der Waals surface area contributed by atoms with Crippen molar-refractivity contribution in [2.75, 3.05) is 6.54 Å². The van der Waals surface area contributed by atoms with E-state index in [4.69, 9.17) is 4.74 Å². The maximum Gasteiger partial charge on any atom is 0.407 e. The Morgan fingerprint density at radius 2 is 1.31 bits per heavy atom. The van der Waals surface area contributed by atoms with Gasteiger partial charge in [-0.2, -0.15) is 0 Å². The molecule has 0 aliphatic heterocycles. The van der Waals surface area contributed by atoms with Gasteiger partial charge in [-0.25, -0.2) is 9.36 Å². The molecule has 4 nitrogen and oxygen atoms in total. The first-order valence-electron chi connectivity index (χ1n) is 15.9. The Kier molecular flexibility index (Phi) is 23.3. The molecule has 0 saturated heterocycles. The number of allylic oxidation sites excluding steroid dienone is 2. The second-order valence-electron chi connectivity index (χ2n) is 12.1. The lowest BCUT2D eigenvalue weighted by Gasteiger charge is -2.20. The summed E-state index contributed by atoms with van der Waals surface area (Å²) in [7, 11) is 2.08. The molecule has 0 saturated carbocycles. The van der Waals surface area contributed by atoms with Crippen LogP contribution in [0.2, 0.25) is 0 Å². The van der Waals surface area contributed by atoms with Crippen LogP contribution in [0.1, 0.15) is 155 Å². The number of carbonyl (C=O) groups excluding carboxylic acids is 1. The fraction of sp³-hybridized carbons (Fsp3) is 0.765. The third-order valence-corrected chi connectivity index (χ3v) is 7.19. The molecule has 0 aliphatic rings. The number of nitrogens with zero attached hydrogens (tertiary/aromatic N) is 1. The van der Waals surface area contributed by atoms with E-state index in [1.54, 1.807) is 0 Å². The number of amides is 1. The van der Waals surface area contributed by atoms with E-state index in [1.807, 2.05) is 20.8 Å². The molecule has 5 heteroatoms. The fourth-order valence-corrected chi connectivity index (χ4v) is 4.92. The lowest BCUT2D eigenvalue weighted by Crippen LogP contribution is -3.00. The van der Waals surface area contributed by atoms with E-state index in [9.17, 15) is 4.79 Å². The van der Waals surface area contributed by atoms with Gasteiger partial charge in [-0.1, -0.05) is 89.7 Å². The summed E-state index contributed by atoms with van der Waals surface area (Å²) >= 11 is 0. The minimum Gasteiger partial charge on any atom is -1.00 e. The molecule has 0 bridgehead atoms. The standard InChI is InChI=1S/C34H60N2O2.ClH/c1-6-7-8-9-10-11-12-13-14-15-16-17-18-19-20-21-24-31(32-26-29-36(5)30-27-32)25-22-23-28-35-33(37)38-34(2,3)4;/h13-14,26-27,29-31H,6-12,15-25,28H2,1-5H3;1H. The number of alkyl carbamates (subject to hydrolysis) is 1. The van der Waals surface area contributed by atoms with Crippen molar-refractivity contribution in [3.05, 3.63) is 42.2 Å². The van der Waals surface area contributed by atoms with Gasteiger partial charge in [0.2, 0.25) is 0 Å². The summed E-state index contributed by atoms with van der Waals surface area (Å²) in [6.07, 6.45) is 32.3. The molecule has 0 aromatic carbocycles. The number of hydrogen-bond acceptors (Lipinski definition) is 2. The molecule has 1 unspecified atom stereocenters. The molecule has 39 heavy (non-hydrogen) atoms. The highest BCUT2D eigenvalue weighted by Crippen LogP contribution is 2.27. The average Bonchev–Trinajstić information content (AvgIpc) is 2.86. The molecular formula is C34H61ClN2O2. The summed E-state index contributed by atoms with van der Waals surface area (Å²) in [5.74, 6) is 0.606. The van der Waals surface area contributed by atoms with E-state index in [0.29, 0.717) is 12.5 Å². The Morgan fingerprint density at radius 1 is 0.821 bits per heavy atom. The summed E-state index contributed by atoms with van der Waals surface area (Å²) < 4.78 is 7.44. The Morgan fingerprint density at radius 3 is 1.85 bits per heavy atom. The minimum atomic E-state index is -0.442. The van der Waals surface area contributed by atoms with E-state index < -0.39 is 5.60 Å². The normalized spacial score (nSPS) is 12.3. The number of halogens is 1. The predicted octanol–water partition coefficient (Wildman–Crippen LogP) is 6.72. The summed E-state index contributed by atoms with van der Waals surface area (Å²) in [6.45, 7) is 8.65. The van der Waals surface area contributed by atoms with Crippen LogP contribution in [-0.2, 0) is 11.8 Å². The van der Waals surface area contributed by atoms with Crippen LogP contribution < -0.4 is 22.3 Å². The maximum atomic E-state index is 11.8. The van der Waals surface area contributed by atoms with Crippen LogP contribution in [0.5, 0.6) is 0 Å². The van der Waals surface area contributed by atoms with Crippen LogP contribution in [0.3, 0.4) is 0 Å². The Hall–Kier alpha value is -1.55. The van der Waals surface area contributed by atoms with Crippen molar-refractivity contribution in [3.8, 4) is 0 Å². The molecule has 1 aromatic rings. The van der Waals surface area contributed by atoms with Gasteiger partial charge in [0, 0.05) is 18.7 Å². The van der Waals surface area contributed by atoms with E-state index in [2.05, 4.69) is 60.5 Å². The summed E-state index contributed by atoms with van der Waals surface area (Å²) in [6, 6.07) is 4.56. The molecule has 0 radical (unpaired) electrons. The van der Waals surface area contributed by atoms with E-state index in [0.717, 1.165) is 12.8 Å². The van der Waals surface area contributed by atoms with Gasteiger partial charge in [0.1, 0.15) is 12.6 Å². The van der Waals surface area contributed by atoms with Crippen molar-refractivity contribution in [2.24, 2.45) is 7.05 Å². The van der Waals surface area contributed by atoms with E-state index in [-0.39, 0.29) is 18.5 Å². The Bertz CT molecular complexity index is 728. The lowest BCUT2D eigenvalue weighted by molar-refractivity contribution is -0.671. The largest absolute Gasteiger partial charge is 1.00 e. The summed E-state index contributed by atoms with van der Waals surface area (Å²) in [4.78, 5) is 11.8. The number of unbranched alkanes of at least 4 members (excludes halogenated alkanes) is 13. The van der Waals surface area contributed by atoms with Crippen molar-refractivity contribution < 1.29 is 26.5 Å². The first kappa shape index (κ1) is 37.5. The maximum absolute atomic E-state index is 11.8. The van der Waals surface area contributed by atoms with Crippen LogP contribution in [-0.4, -0.2) is 18.2 Å². The van der Waals surface area contributed by atoms with Gasteiger partial charge in [0.15, 0.2) is 12.4 Å². The molecule has 1 heterocycles. The summed E-state index contributed by atoms with van der Waals surface area (Å²) in [5, 5.41) is 2.89. The van der Waals surface area contributed by atoms with Crippen molar-refractivity contribution in [3.63, 3.8) is 0 Å². The quantitative estimate of drug-likeness (QED) is 0.0964. The van der Waals surface area contributed by atoms with Gasteiger partial charge in [0.05, 0.1) is 0 Å². The van der Waals surface area contributed by atoms with Gasteiger partial charge in [-0.05, 0) is 77.2 Å². The number of pyridine rings is 1. The van der Waals surface area contributed by atoms with Crippen LogP contribution >= 0.6 is 0 Å². The second kappa shape index (κ2) is 24.3. The highest BCUT2D eigenvalue weighted by molar-refractivity contribution is 5.67. The SMILES string of the molecule is CCCCCCCCC=CCCCCCCCCC(CCCCNC(=O)OC(C)(C)C)c1cc[n+](C)cc1.[Cl-]. The third kappa shape index (κ3) is 22.9. The smallest absolute Gasteiger partial charge is 0.407 e. The number of hydrogen-bond donors (Lipinski definition) is 1. The highest BCUT2D eigenvalue weighted by Gasteiger charge is 2.16. The minimum absolute atomic E-state index is 0. The zero-order valence-electron chi connectivity index (χ0n) is 26.1. The average molecular weight is 565 g/mol. The van der Waals surface area contributed by atoms with Gasteiger partial charge < -0.3 is 22.5 Å². The fourth-order valence-electron chi connectivity index (χ4n) is 4.92. The predicted molar refractivity (Wildman–Crippen MR) is 163 cm³/mol. The second-order valence-corrected chi connectivity index (χ2v) is 12.1. The zero-order valence-corrected chi connectivity index (χ0v) is 26.9. The molecule has 226 valence electrons. The first-order chi connectivity index (χ1) is 18.3. The van der Waals surface area contributed by atoms with E-state index >= 15 is 0 Å². The Labute approximate surface area is 248 Å². The van der Waals surface area contributed by atoms with Crippen molar-refractivity contribution in [1.82, 2.24) is 5.32 Å². The Balaban J connectivity index is 0.0000144. The molecule has 1 rings (SSSR count). The van der Waals surface area contributed by atoms with Crippen molar-refractivity contribution in [2.45, 2.75) is 155 Å². The van der Waals surface area contributed by atoms with Crippen LogP contribution in [0.15, 0.2) is 36.7 Å². The summed E-state index contributed by atoms with van der Waals surface area (Å²) in [5.41, 5.74) is 1.01. The number of aryl methyl sites for hydroxylation is 1. The molecule has 1 aromatic heterocycles. The molecule has 1 N–H and O–H groups in total. The van der Waals surface area contributed by atoms with Gasteiger partial charge in [-0.15, -0.1) is 0 Å². The molecule has 0 aliphatic carbocycles. The van der Waals surface area contributed by atoms with E-state index in [1.165, 1.54) is 108 Å². The monoisotopic (exact) mass is 564 g/mol. The number of rotatable bonds is 22. The lowest BCUT2D eigenvalue weighted by atomic mass is 9.89. The van der Waals surface area contributed by atoms with Gasteiger partial charge in [-0.3, -0.25) is 0 Å². The number of nitrogens with one attached hydrogen (secondary N) is 1. The van der Waals surface area contributed by atoms with Crippen LogP contribution in [0, 0.1) is 0 Å². The molecule has 1 atom stereocenters. The number of aromatic nitrogens is 1. The first-order valence-corrected chi connectivity index (χ1v) is 15.9.